The quantitative estimate of drug-likeness (QED) is 0.524. The molecular formula is C21H18N4O3. The minimum Gasteiger partial charge on any atom is -0.448 e. The molecule has 1 fully saturated rings. The molecule has 1 aliphatic carbocycles. The SMILES string of the molecule is CN(Cc1ccccn1)C(=O)c1ccc2onc(-c3coc(C4CC4)n3)c2c1. The number of rotatable bonds is 5. The van der Waals surface area contributed by atoms with Gasteiger partial charge in [-0.3, -0.25) is 9.78 Å². The van der Waals surface area contributed by atoms with Crippen LogP contribution in [0.4, 0.5) is 0 Å². The summed E-state index contributed by atoms with van der Waals surface area (Å²) >= 11 is 0. The number of carbonyl (C=O) groups is 1. The summed E-state index contributed by atoms with van der Waals surface area (Å²) in [7, 11) is 1.76. The van der Waals surface area contributed by atoms with Gasteiger partial charge in [0.25, 0.3) is 5.91 Å². The van der Waals surface area contributed by atoms with Crippen LogP contribution in [0.15, 0.2) is 57.8 Å². The number of carbonyl (C=O) groups excluding carboxylic acids is 1. The minimum atomic E-state index is -0.0986. The van der Waals surface area contributed by atoms with E-state index in [0.29, 0.717) is 35.0 Å². The number of nitrogens with zero attached hydrogens (tertiary/aromatic N) is 4. The second kappa shape index (κ2) is 6.60. The maximum atomic E-state index is 12.9. The summed E-state index contributed by atoms with van der Waals surface area (Å²) in [6.07, 6.45) is 5.55. The molecule has 1 amide bonds. The van der Waals surface area contributed by atoms with Crippen molar-refractivity contribution in [3.8, 4) is 11.4 Å². The smallest absolute Gasteiger partial charge is 0.253 e. The fraction of sp³-hybridized carbons (Fsp3) is 0.238. The first kappa shape index (κ1) is 16.7. The van der Waals surface area contributed by atoms with Crippen molar-refractivity contribution >= 4 is 16.9 Å². The number of hydrogen-bond donors (Lipinski definition) is 0. The van der Waals surface area contributed by atoms with Crippen molar-refractivity contribution in [2.24, 2.45) is 0 Å². The molecule has 3 aromatic heterocycles. The van der Waals surface area contributed by atoms with Crippen LogP contribution >= 0.6 is 0 Å². The van der Waals surface area contributed by atoms with Gasteiger partial charge in [-0.1, -0.05) is 11.2 Å². The van der Waals surface area contributed by atoms with E-state index >= 15 is 0 Å². The molecule has 0 radical (unpaired) electrons. The van der Waals surface area contributed by atoms with Crippen molar-refractivity contribution in [2.75, 3.05) is 7.05 Å². The van der Waals surface area contributed by atoms with E-state index < -0.39 is 0 Å². The zero-order valence-corrected chi connectivity index (χ0v) is 15.3. The second-order valence-corrected chi connectivity index (χ2v) is 7.07. The van der Waals surface area contributed by atoms with Gasteiger partial charge in [0.2, 0.25) is 0 Å². The Hall–Kier alpha value is -3.48. The van der Waals surface area contributed by atoms with Gasteiger partial charge in [-0.25, -0.2) is 4.98 Å². The topological polar surface area (TPSA) is 85.3 Å². The van der Waals surface area contributed by atoms with Crippen LogP contribution in [0.3, 0.4) is 0 Å². The molecule has 3 heterocycles. The Morgan fingerprint density at radius 2 is 2.14 bits per heavy atom. The van der Waals surface area contributed by atoms with Crippen molar-refractivity contribution in [1.82, 2.24) is 20.0 Å². The Bertz CT molecular complexity index is 1140. The molecule has 4 aromatic rings. The number of pyridine rings is 1. The van der Waals surface area contributed by atoms with Crippen LogP contribution in [-0.2, 0) is 6.54 Å². The van der Waals surface area contributed by atoms with Gasteiger partial charge in [0, 0.05) is 24.7 Å². The van der Waals surface area contributed by atoms with Crippen LogP contribution in [-0.4, -0.2) is 33.0 Å². The first-order valence-corrected chi connectivity index (χ1v) is 9.19. The lowest BCUT2D eigenvalue weighted by molar-refractivity contribution is 0.0783. The van der Waals surface area contributed by atoms with E-state index in [1.54, 1.807) is 42.6 Å². The molecule has 0 saturated heterocycles. The molecule has 28 heavy (non-hydrogen) atoms. The average molecular weight is 374 g/mol. The van der Waals surface area contributed by atoms with E-state index in [4.69, 9.17) is 8.94 Å². The van der Waals surface area contributed by atoms with Crippen LogP contribution in [0.25, 0.3) is 22.4 Å². The number of amides is 1. The summed E-state index contributed by atoms with van der Waals surface area (Å²) in [6, 6.07) is 11.0. The molecule has 7 heteroatoms. The highest BCUT2D eigenvalue weighted by atomic mass is 16.5. The molecule has 140 valence electrons. The van der Waals surface area contributed by atoms with Gasteiger partial charge in [-0.15, -0.1) is 0 Å². The van der Waals surface area contributed by atoms with Crippen molar-refractivity contribution in [3.63, 3.8) is 0 Å². The van der Waals surface area contributed by atoms with E-state index in [0.717, 1.165) is 29.8 Å². The molecule has 5 rings (SSSR count). The maximum absolute atomic E-state index is 12.9. The van der Waals surface area contributed by atoms with Crippen molar-refractivity contribution in [3.05, 3.63) is 66.0 Å². The largest absolute Gasteiger partial charge is 0.448 e. The van der Waals surface area contributed by atoms with Crippen molar-refractivity contribution in [1.29, 1.82) is 0 Å². The van der Waals surface area contributed by atoms with Crippen LogP contribution in [0.1, 0.15) is 40.7 Å². The maximum Gasteiger partial charge on any atom is 0.253 e. The number of fused-ring (bicyclic) bond motifs is 1. The molecule has 1 aliphatic rings. The average Bonchev–Trinajstić information content (AvgIpc) is 3.31. The van der Waals surface area contributed by atoms with Crippen molar-refractivity contribution in [2.45, 2.75) is 25.3 Å². The van der Waals surface area contributed by atoms with E-state index in [1.807, 2.05) is 18.2 Å². The third-order valence-electron chi connectivity index (χ3n) is 4.88. The van der Waals surface area contributed by atoms with Crippen molar-refractivity contribution < 1.29 is 13.7 Å². The fourth-order valence-electron chi connectivity index (χ4n) is 3.20. The highest BCUT2D eigenvalue weighted by molar-refractivity contribution is 6.00. The molecule has 0 N–H and O–H groups in total. The zero-order valence-electron chi connectivity index (χ0n) is 15.3. The van der Waals surface area contributed by atoms with Gasteiger partial charge in [0.05, 0.1) is 17.6 Å². The lowest BCUT2D eigenvalue weighted by Crippen LogP contribution is -2.26. The predicted octanol–water partition coefficient (Wildman–Crippen LogP) is 4.03. The standard InChI is InChI=1S/C21H18N4O3/c1-25(11-15-4-2-3-9-22-15)21(26)14-7-8-18-16(10-14)19(24-28-18)17-12-27-20(23-17)13-5-6-13/h2-4,7-10,12-13H,5-6,11H2,1H3. The van der Waals surface area contributed by atoms with Gasteiger partial charge in [-0.05, 0) is 43.2 Å². The lowest BCUT2D eigenvalue weighted by atomic mass is 10.1. The van der Waals surface area contributed by atoms with E-state index in [9.17, 15) is 4.79 Å². The molecule has 0 spiro atoms. The molecule has 1 aromatic carbocycles. The van der Waals surface area contributed by atoms with Gasteiger partial charge in [0.15, 0.2) is 11.5 Å². The summed E-state index contributed by atoms with van der Waals surface area (Å²) in [5.41, 5.74) is 3.22. The second-order valence-electron chi connectivity index (χ2n) is 7.07. The van der Waals surface area contributed by atoms with E-state index in [1.165, 1.54) is 0 Å². The number of oxazole rings is 1. The molecule has 0 aliphatic heterocycles. The normalized spacial score (nSPS) is 13.8. The van der Waals surface area contributed by atoms with E-state index in [-0.39, 0.29) is 5.91 Å². The first-order valence-electron chi connectivity index (χ1n) is 9.19. The highest BCUT2D eigenvalue weighted by Crippen LogP contribution is 2.40. The first-order chi connectivity index (χ1) is 13.7. The minimum absolute atomic E-state index is 0.0986. The summed E-state index contributed by atoms with van der Waals surface area (Å²) in [5.74, 6) is 1.07. The Labute approximate surface area is 161 Å². The van der Waals surface area contributed by atoms with E-state index in [2.05, 4.69) is 15.1 Å². The Balaban J connectivity index is 1.44. The molecule has 7 nitrogen and oxygen atoms in total. The van der Waals surface area contributed by atoms with Crippen LogP contribution in [0, 0.1) is 0 Å². The molecule has 0 bridgehead atoms. The highest BCUT2D eigenvalue weighted by Gasteiger charge is 2.29. The summed E-state index contributed by atoms with van der Waals surface area (Å²) in [5, 5.41) is 4.88. The summed E-state index contributed by atoms with van der Waals surface area (Å²) < 4.78 is 11.0. The summed E-state index contributed by atoms with van der Waals surface area (Å²) in [6.45, 7) is 0.433. The fourth-order valence-corrected chi connectivity index (χ4v) is 3.20. The van der Waals surface area contributed by atoms with Crippen LogP contribution in [0.5, 0.6) is 0 Å². The van der Waals surface area contributed by atoms with Gasteiger partial charge in [0.1, 0.15) is 17.7 Å². The van der Waals surface area contributed by atoms with Gasteiger partial charge >= 0.3 is 0 Å². The Morgan fingerprint density at radius 3 is 2.93 bits per heavy atom. The third kappa shape index (κ3) is 3.05. The Morgan fingerprint density at radius 1 is 1.25 bits per heavy atom. The van der Waals surface area contributed by atoms with Gasteiger partial charge < -0.3 is 13.8 Å². The molecule has 0 atom stereocenters. The Kier molecular flexibility index (Phi) is 3.93. The lowest BCUT2D eigenvalue weighted by Gasteiger charge is -2.16. The van der Waals surface area contributed by atoms with Crippen LogP contribution < -0.4 is 0 Å². The molecular weight excluding hydrogens is 356 g/mol. The summed E-state index contributed by atoms with van der Waals surface area (Å²) in [4.78, 5) is 23.3. The molecule has 0 unspecified atom stereocenters. The zero-order chi connectivity index (χ0) is 19.1. The molecule has 1 saturated carbocycles. The number of aromatic nitrogens is 3. The number of benzene rings is 1. The monoisotopic (exact) mass is 374 g/mol. The van der Waals surface area contributed by atoms with Crippen LogP contribution in [0.2, 0.25) is 0 Å². The van der Waals surface area contributed by atoms with Gasteiger partial charge in [-0.2, -0.15) is 0 Å². The predicted molar refractivity (Wildman–Crippen MR) is 102 cm³/mol. The number of hydrogen-bond acceptors (Lipinski definition) is 6. The third-order valence-corrected chi connectivity index (χ3v) is 4.88.